The molecule has 0 aliphatic carbocycles. The third-order valence-electron chi connectivity index (χ3n) is 2.86. The van der Waals surface area contributed by atoms with Crippen LogP contribution in [0.2, 0.25) is 0 Å². The molecular formula is C15H14N2O4. The number of ether oxygens (including phenoxy) is 1. The lowest BCUT2D eigenvalue weighted by molar-refractivity contribution is -0.383. The van der Waals surface area contributed by atoms with Crippen molar-refractivity contribution in [2.24, 2.45) is 0 Å². The van der Waals surface area contributed by atoms with Crippen molar-refractivity contribution in [3.63, 3.8) is 0 Å². The lowest BCUT2D eigenvalue weighted by atomic mass is 10.1. The Kier molecular flexibility index (Phi) is 4.61. The molecule has 0 saturated carbocycles. The van der Waals surface area contributed by atoms with Gasteiger partial charge in [0, 0.05) is 17.8 Å². The molecule has 21 heavy (non-hydrogen) atoms. The molecule has 0 unspecified atom stereocenters. The van der Waals surface area contributed by atoms with Gasteiger partial charge >= 0.3 is 5.97 Å². The first-order valence-electron chi connectivity index (χ1n) is 6.47. The number of hydrogen-bond donors (Lipinski definition) is 0. The van der Waals surface area contributed by atoms with E-state index in [0.717, 1.165) is 5.56 Å². The van der Waals surface area contributed by atoms with Crippen molar-refractivity contribution in [2.75, 3.05) is 6.61 Å². The number of pyridine rings is 1. The number of aromatic nitrogens is 1. The van der Waals surface area contributed by atoms with Crippen LogP contribution in [0.3, 0.4) is 0 Å². The number of nitro benzene ring substituents is 1. The zero-order valence-electron chi connectivity index (χ0n) is 11.5. The predicted molar refractivity (Wildman–Crippen MR) is 78.7 cm³/mol. The second kappa shape index (κ2) is 6.60. The molecule has 2 rings (SSSR count). The van der Waals surface area contributed by atoms with E-state index in [0.29, 0.717) is 17.5 Å². The van der Waals surface area contributed by atoms with E-state index in [1.807, 2.05) is 0 Å². The highest BCUT2D eigenvalue weighted by Gasteiger charge is 2.13. The van der Waals surface area contributed by atoms with Crippen molar-refractivity contribution < 1.29 is 14.5 Å². The fourth-order valence-corrected chi connectivity index (χ4v) is 1.98. The molecule has 0 amide bonds. The van der Waals surface area contributed by atoms with E-state index in [1.54, 1.807) is 43.5 Å². The van der Waals surface area contributed by atoms with Gasteiger partial charge in [-0.2, -0.15) is 0 Å². The van der Waals surface area contributed by atoms with E-state index in [4.69, 9.17) is 4.74 Å². The fraction of sp³-hybridized carbons (Fsp3) is 0.200. The normalized spacial score (nSPS) is 10.9. The van der Waals surface area contributed by atoms with Crippen molar-refractivity contribution in [3.8, 4) is 0 Å². The van der Waals surface area contributed by atoms with Gasteiger partial charge in [-0.25, -0.2) is 0 Å². The van der Waals surface area contributed by atoms with E-state index < -0.39 is 4.92 Å². The van der Waals surface area contributed by atoms with Crippen LogP contribution in [0, 0.1) is 10.1 Å². The van der Waals surface area contributed by atoms with Crippen molar-refractivity contribution in [3.05, 3.63) is 52.2 Å². The molecule has 1 aromatic carbocycles. The summed E-state index contributed by atoms with van der Waals surface area (Å²) in [6.45, 7) is 2.09. The van der Waals surface area contributed by atoms with Gasteiger partial charge in [0.25, 0.3) is 5.69 Å². The Labute approximate surface area is 121 Å². The van der Waals surface area contributed by atoms with E-state index >= 15 is 0 Å². The second-order valence-electron chi connectivity index (χ2n) is 4.24. The van der Waals surface area contributed by atoms with Crippen LogP contribution in [0.25, 0.3) is 17.0 Å². The monoisotopic (exact) mass is 286 g/mol. The molecule has 1 aromatic heterocycles. The van der Waals surface area contributed by atoms with Gasteiger partial charge in [0.1, 0.15) is 0 Å². The third-order valence-corrected chi connectivity index (χ3v) is 2.86. The maximum atomic E-state index is 11.3. The number of rotatable bonds is 5. The van der Waals surface area contributed by atoms with Gasteiger partial charge in [-0.15, -0.1) is 0 Å². The number of benzene rings is 1. The lowest BCUT2D eigenvalue weighted by Crippen LogP contribution is -2.01. The molecule has 0 radical (unpaired) electrons. The summed E-state index contributed by atoms with van der Waals surface area (Å²) in [5.74, 6) is -0.312. The zero-order chi connectivity index (χ0) is 15.2. The highest BCUT2D eigenvalue weighted by atomic mass is 16.6. The highest BCUT2D eigenvalue weighted by Crippen LogP contribution is 2.27. The summed E-state index contributed by atoms with van der Waals surface area (Å²) in [5.41, 5.74) is 1.27. The Hall–Kier alpha value is -2.76. The van der Waals surface area contributed by atoms with Crippen LogP contribution in [0.15, 0.2) is 36.5 Å². The highest BCUT2D eigenvalue weighted by molar-refractivity contribution is 5.94. The standard InChI is InChI=1S/C15H14N2O4/c1-2-21-14(18)7-3-5-11-8-9-13(17(19)20)12-6-4-10-16-15(11)12/h3-6,8-10H,2,7H2,1H3. The molecule has 0 N–H and O–H groups in total. The van der Waals surface area contributed by atoms with Gasteiger partial charge < -0.3 is 4.74 Å². The minimum absolute atomic E-state index is 0.0145. The average Bonchev–Trinajstić information content (AvgIpc) is 2.47. The molecule has 0 saturated heterocycles. The van der Waals surface area contributed by atoms with Crippen molar-refractivity contribution >= 4 is 28.6 Å². The Morgan fingerprint density at radius 2 is 2.24 bits per heavy atom. The Bertz CT molecular complexity index is 710. The molecule has 0 fully saturated rings. The summed E-state index contributed by atoms with van der Waals surface area (Å²) >= 11 is 0. The van der Waals surface area contributed by atoms with Gasteiger partial charge in [-0.1, -0.05) is 12.2 Å². The third kappa shape index (κ3) is 3.42. The maximum Gasteiger partial charge on any atom is 0.309 e. The summed E-state index contributed by atoms with van der Waals surface area (Å²) in [6.07, 6.45) is 5.11. The van der Waals surface area contributed by atoms with Crippen LogP contribution in [-0.4, -0.2) is 22.5 Å². The van der Waals surface area contributed by atoms with Crippen LogP contribution in [0.5, 0.6) is 0 Å². The molecule has 0 atom stereocenters. The van der Waals surface area contributed by atoms with Crippen molar-refractivity contribution in [1.29, 1.82) is 0 Å². The zero-order valence-corrected chi connectivity index (χ0v) is 11.5. The maximum absolute atomic E-state index is 11.3. The lowest BCUT2D eigenvalue weighted by Gasteiger charge is -2.02. The van der Waals surface area contributed by atoms with Crippen LogP contribution in [-0.2, 0) is 9.53 Å². The number of carbonyl (C=O) groups excluding carboxylic acids is 1. The molecule has 2 aromatic rings. The number of nitro groups is 1. The number of nitrogens with zero attached hydrogens (tertiary/aromatic N) is 2. The van der Waals surface area contributed by atoms with Crippen LogP contribution >= 0.6 is 0 Å². The van der Waals surface area contributed by atoms with Gasteiger partial charge in [-0.3, -0.25) is 19.9 Å². The minimum atomic E-state index is -0.434. The molecular weight excluding hydrogens is 272 g/mol. The first-order chi connectivity index (χ1) is 10.1. The van der Waals surface area contributed by atoms with E-state index in [1.165, 1.54) is 6.07 Å². The van der Waals surface area contributed by atoms with Crippen LogP contribution < -0.4 is 0 Å². The second-order valence-corrected chi connectivity index (χ2v) is 4.24. The number of esters is 1. The van der Waals surface area contributed by atoms with Gasteiger partial charge in [0.15, 0.2) is 0 Å². The van der Waals surface area contributed by atoms with Crippen molar-refractivity contribution in [2.45, 2.75) is 13.3 Å². The molecule has 0 aliphatic rings. The predicted octanol–water partition coefficient (Wildman–Crippen LogP) is 3.11. The number of hydrogen-bond acceptors (Lipinski definition) is 5. The minimum Gasteiger partial charge on any atom is -0.466 e. The first-order valence-corrected chi connectivity index (χ1v) is 6.47. The Morgan fingerprint density at radius 3 is 2.95 bits per heavy atom. The fourth-order valence-electron chi connectivity index (χ4n) is 1.98. The average molecular weight is 286 g/mol. The summed E-state index contributed by atoms with van der Waals surface area (Å²) in [4.78, 5) is 26.0. The molecule has 0 bridgehead atoms. The van der Waals surface area contributed by atoms with Crippen molar-refractivity contribution in [1.82, 2.24) is 4.98 Å². The molecule has 108 valence electrons. The smallest absolute Gasteiger partial charge is 0.309 e. The first kappa shape index (κ1) is 14.6. The van der Waals surface area contributed by atoms with Crippen LogP contribution in [0.4, 0.5) is 5.69 Å². The topological polar surface area (TPSA) is 82.3 Å². The SMILES string of the molecule is CCOC(=O)CC=Cc1ccc([N+](=O)[O-])c2cccnc12. The number of carbonyl (C=O) groups is 1. The summed E-state index contributed by atoms with van der Waals surface area (Å²) in [7, 11) is 0. The van der Waals surface area contributed by atoms with Crippen LogP contribution in [0.1, 0.15) is 18.9 Å². The molecule has 0 aliphatic heterocycles. The Balaban J connectivity index is 2.33. The van der Waals surface area contributed by atoms with Gasteiger partial charge in [0.05, 0.1) is 28.9 Å². The molecule has 6 heteroatoms. The van der Waals surface area contributed by atoms with Gasteiger partial charge in [0.2, 0.25) is 0 Å². The number of non-ortho nitro benzene ring substituents is 1. The largest absolute Gasteiger partial charge is 0.466 e. The summed E-state index contributed by atoms with van der Waals surface area (Å²) < 4.78 is 4.82. The molecule has 0 spiro atoms. The molecule has 6 nitrogen and oxygen atoms in total. The Morgan fingerprint density at radius 1 is 1.43 bits per heavy atom. The number of fused-ring (bicyclic) bond motifs is 1. The summed E-state index contributed by atoms with van der Waals surface area (Å²) in [5, 5.41) is 11.5. The molecule has 1 heterocycles. The van der Waals surface area contributed by atoms with E-state index in [9.17, 15) is 14.9 Å². The van der Waals surface area contributed by atoms with E-state index in [2.05, 4.69) is 4.98 Å². The quantitative estimate of drug-likeness (QED) is 0.479. The van der Waals surface area contributed by atoms with E-state index in [-0.39, 0.29) is 18.1 Å². The van der Waals surface area contributed by atoms with Gasteiger partial charge in [-0.05, 0) is 25.1 Å². The summed E-state index contributed by atoms with van der Waals surface area (Å²) in [6, 6.07) is 6.37.